The van der Waals surface area contributed by atoms with Crippen molar-refractivity contribution in [1.29, 1.82) is 0 Å². The zero-order chi connectivity index (χ0) is 17.0. The molecule has 0 saturated heterocycles. The Bertz CT molecular complexity index is 555. The number of hydrogen-bond acceptors (Lipinski definition) is 3. The van der Waals surface area contributed by atoms with Gasteiger partial charge in [0.1, 0.15) is 5.75 Å². The van der Waals surface area contributed by atoms with Crippen LogP contribution in [0.15, 0.2) is 24.3 Å². The minimum atomic E-state index is -4.90. The predicted octanol–water partition coefficient (Wildman–Crippen LogP) is 2.82. The molecular formula is C14H16F3NO4. The molecule has 8 heteroatoms. The van der Waals surface area contributed by atoms with Gasteiger partial charge in [-0.05, 0) is 32.4 Å². The highest BCUT2D eigenvalue weighted by atomic mass is 19.4. The standard InChI is InChI=1S/C14H16F3NO4/c1-13(2,12(20)21)7-8-18-11(19)9-5-3-4-6-10(9)22-14(15,16)17/h3-6H,7-8H2,1-2H3,(H,18,19)(H,20,21). The zero-order valence-corrected chi connectivity index (χ0v) is 12.0. The first-order valence-electron chi connectivity index (χ1n) is 6.39. The van der Waals surface area contributed by atoms with Crippen molar-refractivity contribution in [2.24, 2.45) is 5.41 Å². The molecule has 0 aromatic heterocycles. The SMILES string of the molecule is CC(C)(CCNC(=O)c1ccccc1OC(F)(F)F)C(=O)O. The summed E-state index contributed by atoms with van der Waals surface area (Å²) in [5.74, 6) is -2.39. The minimum Gasteiger partial charge on any atom is -0.481 e. The summed E-state index contributed by atoms with van der Waals surface area (Å²) in [5.41, 5.74) is -1.32. The average Bonchev–Trinajstić information content (AvgIpc) is 2.36. The van der Waals surface area contributed by atoms with Gasteiger partial charge in [0.2, 0.25) is 0 Å². The smallest absolute Gasteiger partial charge is 0.481 e. The molecule has 0 unspecified atom stereocenters. The van der Waals surface area contributed by atoms with Crippen LogP contribution in [-0.4, -0.2) is 29.9 Å². The van der Waals surface area contributed by atoms with Gasteiger partial charge in [0.05, 0.1) is 11.0 Å². The number of ether oxygens (including phenoxy) is 1. The minimum absolute atomic E-state index is 0.0124. The van der Waals surface area contributed by atoms with Gasteiger partial charge in [-0.3, -0.25) is 9.59 Å². The molecule has 0 aliphatic carbocycles. The van der Waals surface area contributed by atoms with Gasteiger partial charge in [0.25, 0.3) is 5.91 Å². The maximum Gasteiger partial charge on any atom is 0.573 e. The van der Waals surface area contributed by atoms with E-state index in [0.717, 1.165) is 6.07 Å². The summed E-state index contributed by atoms with van der Waals surface area (Å²) in [4.78, 5) is 22.8. The Morgan fingerprint density at radius 3 is 2.36 bits per heavy atom. The van der Waals surface area contributed by atoms with E-state index in [1.807, 2.05) is 0 Å². The molecule has 2 N–H and O–H groups in total. The Labute approximate surface area is 125 Å². The van der Waals surface area contributed by atoms with Crippen LogP contribution >= 0.6 is 0 Å². The Morgan fingerprint density at radius 2 is 1.82 bits per heavy atom. The molecule has 0 bridgehead atoms. The van der Waals surface area contributed by atoms with Crippen molar-refractivity contribution in [3.63, 3.8) is 0 Å². The van der Waals surface area contributed by atoms with Crippen LogP contribution in [0.5, 0.6) is 5.75 Å². The van der Waals surface area contributed by atoms with E-state index in [1.165, 1.54) is 32.0 Å². The monoisotopic (exact) mass is 319 g/mol. The summed E-state index contributed by atoms with van der Waals surface area (Å²) in [6.45, 7) is 2.99. The number of carbonyl (C=O) groups is 2. The lowest BCUT2D eigenvalue weighted by Gasteiger charge is -2.19. The Hall–Kier alpha value is -2.25. The topological polar surface area (TPSA) is 75.6 Å². The number of nitrogens with one attached hydrogen (secondary N) is 1. The van der Waals surface area contributed by atoms with Crippen molar-refractivity contribution < 1.29 is 32.6 Å². The summed E-state index contributed by atoms with van der Waals surface area (Å²) < 4.78 is 40.6. The number of rotatable bonds is 6. The number of carboxylic acids is 1. The van der Waals surface area contributed by atoms with Gasteiger partial charge in [-0.25, -0.2) is 0 Å². The van der Waals surface area contributed by atoms with E-state index < -0.39 is 29.4 Å². The molecule has 1 aromatic rings. The molecule has 0 spiro atoms. The maximum atomic E-state index is 12.3. The Balaban J connectivity index is 2.73. The summed E-state index contributed by atoms with van der Waals surface area (Å²) in [6, 6.07) is 4.94. The normalized spacial score (nSPS) is 11.9. The average molecular weight is 319 g/mol. The van der Waals surface area contributed by atoms with Crippen LogP contribution < -0.4 is 10.1 Å². The number of alkyl halides is 3. The molecule has 1 aromatic carbocycles. The van der Waals surface area contributed by atoms with Crippen molar-refractivity contribution in [1.82, 2.24) is 5.32 Å². The van der Waals surface area contributed by atoms with Gasteiger partial charge >= 0.3 is 12.3 Å². The Morgan fingerprint density at radius 1 is 1.23 bits per heavy atom. The lowest BCUT2D eigenvalue weighted by Crippen LogP contribution is -2.32. The number of carboxylic acid groups (broad SMARTS) is 1. The second kappa shape index (κ2) is 6.67. The zero-order valence-electron chi connectivity index (χ0n) is 12.0. The number of amides is 1. The van der Waals surface area contributed by atoms with Gasteiger partial charge in [-0.15, -0.1) is 13.2 Å². The fourth-order valence-electron chi connectivity index (χ4n) is 1.56. The molecule has 0 aliphatic rings. The molecule has 122 valence electrons. The number of aliphatic carboxylic acids is 1. The third-order valence-corrected chi connectivity index (χ3v) is 2.97. The third-order valence-electron chi connectivity index (χ3n) is 2.97. The van der Waals surface area contributed by atoms with Gasteiger partial charge < -0.3 is 15.2 Å². The first-order valence-corrected chi connectivity index (χ1v) is 6.39. The highest BCUT2D eigenvalue weighted by molar-refractivity contribution is 5.96. The van der Waals surface area contributed by atoms with Crippen LogP contribution in [0.2, 0.25) is 0 Å². The molecule has 0 aliphatic heterocycles. The number of carbonyl (C=O) groups excluding carboxylic acids is 1. The molecule has 0 radical (unpaired) electrons. The first-order chi connectivity index (χ1) is 10.0. The fraction of sp³-hybridized carbons (Fsp3) is 0.429. The molecule has 1 rings (SSSR count). The summed E-state index contributed by atoms with van der Waals surface area (Å²) in [7, 11) is 0. The molecular weight excluding hydrogens is 303 g/mol. The van der Waals surface area contributed by atoms with Crippen molar-refractivity contribution in [3.05, 3.63) is 29.8 Å². The van der Waals surface area contributed by atoms with Crippen LogP contribution in [0.1, 0.15) is 30.6 Å². The third kappa shape index (κ3) is 5.27. The van der Waals surface area contributed by atoms with E-state index in [-0.39, 0.29) is 18.5 Å². The summed E-state index contributed by atoms with van der Waals surface area (Å²) in [6.07, 6.45) is -4.77. The van der Waals surface area contributed by atoms with E-state index in [0.29, 0.717) is 0 Å². The van der Waals surface area contributed by atoms with Crippen molar-refractivity contribution >= 4 is 11.9 Å². The summed E-state index contributed by atoms with van der Waals surface area (Å²) in [5, 5.41) is 11.3. The van der Waals surface area contributed by atoms with E-state index >= 15 is 0 Å². The van der Waals surface area contributed by atoms with Crippen LogP contribution in [-0.2, 0) is 4.79 Å². The lowest BCUT2D eigenvalue weighted by molar-refractivity contribution is -0.274. The highest BCUT2D eigenvalue weighted by Crippen LogP contribution is 2.26. The number of benzene rings is 1. The molecule has 1 amide bonds. The van der Waals surface area contributed by atoms with Crippen LogP contribution in [0.4, 0.5) is 13.2 Å². The molecule has 0 saturated carbocycles. The second-order valence-corrected chi connectivity index (χ2v) is 5.24. The molecule has 22 heavy (non-hydrogen) atoms. The van der Waals surface area contributed by atoms with E-state index in [4.69, 9.17) is 5.11 Å². The lowest BCUT2D eigenvalue weighted by atomic mass is 9.90. The van der Waals surface area contributed by atoms with Crippen LogP contribution in [0.3, 0.4) is 0 Å². The van der Waals surface area contributed by atoms with Gasteiger partial charge in [0.15, 0.2) is 0 Å². The van der Waals surface area contributed by atoms with Gasteiger partial charge in [0, 0.05) is 6.54 Å². The van der Waals surface area contributed by atoms with Gasteiger partial charge in [-0.2, -0.15) is 0 Å². The van der Waals surface area contributed by atoms with Crippen LogP contribution in [0.25, 0.3) is 0 Å². The molecule has 5 nitrogen and oxygen atoms in total. The number of hydrogen-bond donors (Lipinski definition) is 2. The van der Waals surface area contributed by atoms with E-state index in [2.05, 4.69) is 10.1 Å². The fourth-order valence-corrected chi connectivity index (χ4v) is 1.56. The second-order valence-electron chi connectivity index (χ2n) is 5.24. The van der Waals surface area contributed by atoms with Gasteiger partial charge in [-0.1, -0.05) is 12.1 Å². The first kappa shape index (κ1) is 17.8. The quantitative estimate of drug-likeness (QED) is 0.845. The predicted molar refractivity (Wildman–Crippen MR) is 71.5 cm³/mol. The van der Waals surface area contributed by atoms with Crippen LogP contribution in [0, 0.1) is 5.41 Å². The number of para-hydroxylation sites is 1. The number of halogens is 3. The largest absolute Gasteiger partial charge is 0.573 e. The Kier molecular flexibility index (Phi) is 5.40. The van der Waals surface area contributed by atoms with E-state index in [9.17, 15) is 22.8 Å². The molecule has 0 heterocycles. The van der Waals surface area contributed by atoms with Crippen molar-refractivity contribution in [2.75, 3.05) is 6.54 Å². The van der Waals surface area contributed by atoms with Crippen molar-refractivity contribution in [2.45, 2.75) is 26.6 Å². The highest BCUT2D eigenvalue weighted by Gasteiger charge is 2.33. The maximum absolute atomic E-state index is 12.3. The molecule has 0 fully saturated rings. The van der Waals surface area contributed by atoms with E-state index in [1.54, 1.807) is 0 Å². The molecule has 0 atom stereocenters. The summed E-state index contributed by atoms with van der Waals surface area (Å²) >= 11 is 0. The van der Waals surface area contributed by atoms with Crippen molar-refractivity contribution in [3.8, 4) is 5.75 Å².